The summed E-state index contributed by atoms with van der Waals surface area (Å²) in [4.78, 5) is 17.3. The monoisotopic (exact) mass is 469 g/mol. The first-order valence-corrected chi connectivity index (χ1v) is 11.0. The minimum Gasteiger partial charge on any atom is -0.490 e. The number of alkyl halides is 3. The van der Waals surface area contributed by atoms with Gasteiger partial charge in [-0.25, -0.2) is 0 Å². The van der Waals surface area contributed by atoms with Gasteiger partial charge in [0.25, 0.3) is 5.91 Å². The van der Waals surface area contributed by atoms with Gasteiger partial charge in [0.15, 0.2) is 5.49 Å². The maximum absolute atomic E-state index is 13.3. The Morgan fingerprint density at radius 1 is 1.12 bits per heavy atom. The van der Waals surface area contributed by atoms with Crippen LogP contribution in [-0.2, 0) is 25.2 Å². The van der Waals surface area contributed by atoms with Gasteiger partial charge in [0, 0.05) is 30.8 Å². The molecule has 2 rings (SSSR count). The molecule has 2 aromatic rings. The largest absolute Gasteiger partial charge is 0.490 e. The lowest BCUT2D eigenvalue weighted by Gasteiger charge is -2.20. The van der Waals surface area contributed by atoms with Crippen LogP contribution in [0.15, 0.2) is 29.3 Å². The van der Waals surface area contributed by atoms with Gasteiger partial charge < -0.3 is 9.84 Å². The van der Waals surface area contributed by atoms with E-state index in [0.29, 0.717) is 12.0 Å². The number of aromatic nitrogens is 2. The van der Waals surface area contributed by atoms with Gasteiger partial charge in [-0.05, 0) is 38.5 Å². The second-order valence-corrected chi connectivity index (χ2v) is 9.86. The number of benzene rings is 1. The lowest BCUT2D eigenvalue weighted by Crippen LogP contribution is -2.28. The summed E-state index contributed by atoms with van der Waals surface area (Å²) in [6.07, 6.45) is -2.84. The molecule has 9 heteroatoms. The van der Waals surface area contributed by atoms with E-state index in [1.54, 1.807) is 6.07 Å². The molecule has 0 unspecified atom stereocenters. The Hall–Kier alpha value is -2.55. The van der Waals surface area contributed by atoms with Gasteiger partial charge in [0.05, 0.1) is 16.7 Å². The highest BCUT2D eigenvalue weighted by Gasteiger charge is 2.32. The SMILES string of the molecule is CCCCn1/c(=N/C(=O)c2cc(C(F)(F)F)ccc2OCC(C)(C)O)cc(C(C)(C)C)n1C. The summed E-state index contributed by atoms with van der Waals surface area (Å²) >= 11 is 0. The Labute approximate surface area is 192 Å². The first-order valence-electron chi connectivity index (χ1n) is 11.0. The Kier molecular flexibility index (Phi) is 7.89. The molecular formula is C24H34F3N3O3. The Morgan fingerprint density at radius 2 is 1.76 bits per heavy atom. The van der Waals surface area contributed by atoms with Crippen molar-refractivity contribution in [1.82, 2.24) is 9.36 Å². The van der Waals surface area contributed by atoms with Crippen LogP contribution in [0.1, 0.15) is 76.0 Å². The standard InChI is InChI=1S/C24H34F3N3O3/c1-8-9-12-30-20(14-19(29(30)7)22(2,3)4)28-21(31)17-13-16(24(25,26)27)10-11-18(17)33-15-23(5,6)32/h10-11,13-14,32H,8-9,12,15H2,1-7H3/b28-20+. The molecule has 0 atom stereocenters. The van der Waals surface area contributed by atoms with Crippen LogP contribution in [0.2, 0.25) is 0 Å². The first-order chi connectivity index (χ1) is 15.0. The van der Waals surface area contributed by atoms with Crippen LogP contribution in [0.3, 0.4) is 0 Å². The topological polar surface area (TPSA) is 68.8 Å². The van der Waals surface area contributed by atoms with Crippen LogP contribution >= 0.6 is 0 Å². The number of carbonyl (C=O) groups excluding carboxylic acids is 1. The molecule has 0 aliphatic rings. The molecule has 1 N–H and O–H groups in total. The van der Waals surface area contributed by atoms with Crippen LogP contribution in [0.5, 0.6) is 5.75 Å². The molecular weight excluding hydrogens is 435 g/mol. The van der Waals surface area contributed by atoms with E-state index >= 15 is 0 Å². The van der Waals surface area contributed by atoms with Gasteiger partial charge in [0.1, 0.15) is 12.4 Å². The smallest absolute Gasteiger partial charge is 0.416 e. The second kappa shape index (κ2) is 9.75. The normalized spacial score (nSPS) is 13.5. The second-order valence-electron chi connectivity index (χ2n) is 9.86. The fraction of sp³-hybridized carbons (Fsp3) is 0.583. The van der Waals surface area contributed by atoms with Crippen LogP contribution in [0, 0.1) is 0 Å². The number of amides is 1. The number of halogens is 3. The molecule has 33 heavy (non-hydrogen) atoms. The third-order valence-corrected chi connectivity index (χ3v) is 5.07. The van der Waals surface area contributed by atoms with Crippen molar-refractivity contribution in [3.05, 3.63) is 46.6 Å². The van der Waals surface area contributed by atoms with E-state index in [1.807, 2.05) is 44.1 Å². The number of aliphatic hydroxyl groups is 1. The van der Waals surface area contributed by atoms with Gasteiger partial charge >= 0.3 is 6.18 Å². The lowest BCUT2D eigenvalue weighted by atomic mass is 9.92. The summed E-state index contributed by atoms with van der Waals surface area (Å²) in [7, 11) is 1.88. The van der Waals surface area contributed by atoms with E-state index < -0.39 is 23.2 Å². The fourth-order valence-electron chi connectivity index (χ4n) is 3.36. The van der Waals surface area contributed by atoms with Crippen LogP contribution in [0.4, 0.5) is 13.2 Å². The highest BCUT2D eigenvalue weighted by atomic mass is 19.4. The van der Waals surface area contributed by atoms with Crippen molar-refractivity contribution < 1.29 is 27.8 Å². The van der Waals surface area contributed by atoms with Crippen molar-refractivity contribution in [2.24, 2.45) is 12.0 Å². The van der Waals surface area contributed by atoms with Crippen LogP contribution in [-0.4, -0.2) is 32.6 Å². The number of nitrogens with zero attached hydrogens (tertiary/aromatic N) is 3. The Bertz CT molecular complexity index is 1050. The van der Waals surface area contributed by atoms with Gasteiger partial charge in [-0.2, -0.15) is 18.2 Å². The van der Waals surface area contributed by atoms with Crippen molar-refractivity contribution in [1.29, 1.82) is 0 Å². The summed E-state index contributed by atoms with van der Waals surface area (Å²) in [6.45, 7) is 11.6. The zero-order chi connectivity index (χ0) is 25.2. The zero-order valence-electron chi connectivity index (χ0n) is 20.4. The summed E-state index contributed by atoms with van der Waals surface area (Å²) in [5.74, 6) is -0.908. The van der Waals surface area contributed by atoms with E-state index in [4.69, 9.17) is 4.74 Å². The third kappa shape index (κ3) is 6.96. The summed E-state index contributed by atoms with van der Waals surface area (Å²) in [5, 5.41) is 9.94. The summed E-state index contributed by atoms with van der Waals surface area (Å²) < 4.78 is 49.3. The fourth-order valence-corrected chi connectivity index (χ4v) is 3.36. The van der Waals surface area contributed by atoms with Gasteiger partial charge in [-0.3, -0.25) is 14.2 Å². The van der Waals surface area contributed by atoms with E-state index in [9.17, 15) is 23.1 Å². The van der Waals surface area contributed by atoms with E-state index in [2.05, 4.69) is 4.99 Å². The minimum atomic E-state index is -4.63. The maximum Gasteiger partial charge on any atom is 0.416 e. The van der Waals surface area contributed by atoms with Gasteiger partial charge in [-0.15, -0.1) is 0 Å². The molecule has 0 aliphatic carbocycles. The maximum atomic E-state index is 13.3. The average molecular weight is 470 g/mol. The molecule has 1 aromatic heterocycles. The minimum absolute atomic E-state index is 0.0639. The van der Waals surface area contributed by atoms with Crippen molar-refractivity contribution in [3.8, 4) is 5.75 Å². The highest BCUT2D eigenvalue weighted by molar-refractivity contribution is 5.97. The highest BCUT2D eigenvalue weighted by Crippen LogP contribution is 2.33. The van der Waals surface area contributed by atoms with Crippen LogP contribution < -0.4 is 10.2 Å². The van der Waals surface area contributed by atoms with E-state index in [0.717, 1.165) is 36.7 Å². The predicted octanol–water partition coefficient (Wildman–Crippen LogP) is 4.83. The number of rotatable bonds is 7. The third-order valence-electron chi connectivity index (χ3n) is 5.07. The molecule has 0 fully saturated rings. The molecule has 1 heterocycles. The summed E-state index contributed by atoms with van der Waals surface area (Å²) in [5.41, 5.74) is -1.43. The van der Waals surface area contributed by atoms with Gasteiger partial charge in [0.2, 0.25) is 0 Å². The zero-order valence-corrected chi connectivity index (χ0v) is 20.4. The molecule has 0 aliphatic heterocycles. The first kappa shape index (κ1) is 26.7. The number of hydrogen-bond donors (Lipinski definition) is 1. The Balaban J connectivity index is 2.64. The summed E-state index contributed by atoms with van der Waals surface area (Å²) in [6, 6.07) is 4.47. The van der Waals surface area contributed by atoms with E-state index in [1.165, 1.54) is 13.8 Å². The van der Waals surface area contributed by atoms with Gasteiger partial charge in [-0.1, -0.05) is 34.1 Å². The predicted molar refractivity (Wildman–Crippen MR) is 120 cm³/mol. The molecule has 0 bridgehead atoms. The van der Waals surface area contributed by atoms with Crippen molar-refractivity contribution in [2.45, 2.75) is 78.1 Å². The lowest BCUT2D eigenvalue weighted by molar-refractivity contribution is -0.137. The molecule has 0 spiro atoms. The van der Waals surface area contributed by atoms with Crippen molar-refractivity contribution in [3.63, 3.8) is 0 Å². The quantitative estimate of drug-likeness (QED) is 0.631. The number of hydrogen-bond acceptors (Lipinski definition) is 3. The molecule has 1 aromatic carbocycles. The molecule has 0 radical (unpaired) electrons. The Morgan fingerprint density at radius 3 is 2.27 bits per heavy atom. The average Bonchev–Trinajstić information content (AvgIpc) is 2.98. The molecule has 1 amide bonds. The molecule has 184 valence electrons. The van der Waals surface area contributed by atoms with E-state index in [-0.39, 0.29) is 23.3 Å². The number of carbonyl (C=O) groups is 1. The molecule has 6 nitrogen and oxygen atoms in total. The van der Waals surface area contributed by atoms with Crippen molar-refractivity contribution >= 4 is 5.91 Å². The van der Waals surface area contributed by atoms with Crippen molar-refractivity contribution in [2.75, 3.05) is 6.61 Å². The number of ether oxygens (including phenoxy) is 1. The van der Waals surface area contributed by atoms with Crippen LogP contribution in [0.25, 0.3) is 0 Å². The molecule has 0 saturated carbocycles. The number of unbranched alkanes of at least 4 members (excludes halogenated alkanes) is 1. The molecule has 0 saturated heterocycles.